The average molecular weight is 238 g/mol. The van der Waals surface area contributed by atoms with Gasteiger partial charge >= 0.3 is 0 Å². The highest BCUT2D eigenvalue weighted by molar-refractivity contribution is 5.98. The molecule has 4 N–H and O–H groups in total. The van der Waals surface area contributed by atoms with E-state index in [9.17, 15) is 9.18 Å². The molecule has 2 rings (SSSR count). The van der Waals surface area contributed by atoms with E-state index in [0.29, 0.717) is 12.5 Å². The first-order valence-corrected chi connectivity index (χ1v) is 5.59. The number of nitrogen functional groups attached to an aromatic ring is 1. The van der Waals surface area contributed by atoms with Crippen molar-refractivity contribution < 1.29 is 13.9 Å². The molecule has 1 amide bonds. The van der Waals surface area contributed by atoms with Gasteiger partial charge in [-0.05, 0) is 18.4 Å². The molecular weight excluding hydrogens is 223 g/mol. The van der Waals surface area contributed by atoms with Gasteiger partial charge in [-0.15, -0.1) is 0 Å². The van der Waals surface area contributed by atoms with Crippen molar-refractivity contribution in [1.29, 1.82) is 0 Å². The predicted molar refractivity (Wildman–Crippen MR) is 62.2 cm³/mol. The monoisotopic (exact) mass is 238 g/mol. The number of rotatable bonds is 5. The molecule has 0 bridgehead atoms. The van der Waals surface area contributed by atoms with Crippen LogP contribution in [0.3, 0.4) is 0 Å². The Morgan fingerprint density at radius 2 is 2.18 bits per heavy atom. The molecule has 0 aromatic heterocycles. The van der Waals surface area contributed by atoms with Gasteiger partial charge in [0.15, 0.2) is 11.6 Å². The van der Waals surface area contributed by atoms with Crippen molar-refractivity contribution in [1.82, 2.24) is 0 Å². The molecule has 4 nitrogen and oxygen atoms in total. The molecule has 0 aliphatic heterocycles. The molecule has 1 aliphatic carbocycles. The molecule has 5 heteroatoms. The second-order valence-electron chi connectivity index (χ2n) is 4.31. The molecule has 1 saturated carbocycles. The largest absolute Gasteiger partial charge is 0.490 e. The fourth-order valence-electron chi connectivity index (χ4n) is 1.63. The lowest BCUT2D eigenvalue weighted by Gasteiger charge is -2.09. The minimum Gasteiger partial charge on any atom is -0.490 e. The Morgan fingerprint density at radius 3 is 2.76 bits per heavy atom. The highest BCUT2D eigenvalue weighted by Crippen LogP contribution is 2.32. The summed E-state index contributed by atoms with van der Waals surface area (Å²) in [6.07, 6.45) is 3.36. The lowest BCUT2D eigenvalue weighted by molar-refractivity contribution is 0.100. The topological polar surface area (TPSA) is 78.3 Å². The number of nitrogens with two attached hydrogens (primary N) is 2. The van der Waals surface area contributed by atoms with E-state index >= 15 is 0 Å². The Kier molecular flexibility index (Phi) is 3.17. The number of carbonyl (C=O) groups excluding carboxylic acids is 1. The molecule has 0 spiro atoms. The van der Waals surface area contributed by atoms with Gasteiger partial charge in [0.1, 0.15) is 0 Å². The third-order valence-electron chi connectivity index (χ3n) is 2.85. The standard InChI is InChI=1S/C12H15FN2O2/c13-9-6-10(14)8(12(15)16)5-11(9)17-4-3-7-1-2-7/h5-7H,1-4,14H2,(H2,15,16). The molecule has 17 heavy (non-hydrogen) atoms. The van der Waals surface area contributed by atoms with Crippen LogP contribution < -0.4 is 16.2 Å². The van der Waals surface area contributed by atoms with Crippen LogP contribution in [0.15, 0.2) is 12.1 Å². The summed E-state index contributed by atoms with van der Waals surface area (Å²) in [6.45, 7) is 0.448. The van der Waals surface area contributed by atoms with E-state index in [4.69, 9.17) is 16.2 Å². The maximum atomic E-state index is 13.5. The van der Waals surface area contributed by atoms with Crippen molar-refractivity contribution >= 4 is 11.6 Å². The summed E-state index contributed by atoms with van der Waals surface area (Å²) in [5.74, 6) is -0.506. The SMILES string of the molecule is NC(=O)c1cc(OCCC2CC2)c(F)cc1N. The molecule has 0 unspecified atom stereocenters. The normalized spacial score (nSPS) is 14.6. The number of anilines is 1. The van der Waals surface area contributed by atoms with Gasteiger partial charge in [0.05, 0.1) is 12.2 Å². The molecule has 0 saturated heterocycles. The summed E-state index contributed by atoms with van der Waals surface area (Å²) >= 11 is 0. The number of amides is 1. The summed E-state index contributed by atoms with van der Waals surface area (Å²) in [5, 5.41) is 0. The number of ether oxygens (including phenoxy) is 1. The van der Waals surface area contributed by atoms with Crippen LogP contribution in [0, 0.1) is 11.7 Å². The van der Waals surface area contributed by atoms with Crippen LogP contribution in [0.4, 0.5) is 10.1 Å². The summed E-state index contributed by atoms with van der Waals surface area (Å²) in [5.41, 5.74) is 10.7. The van der Waals surface area contributed by atoms with Crippen LogP contribution in [0.2, 0.25) is 0 Å². The minimum atomic E-state index is -0.686. The number of hydrogen-bond acceptors (Lipinski definition) is 3. The van der Waals surface area contributed by atoms with Crippen LogP contribution in [0.5, 0.6) is 5.75 Å². The van der Waals surface area contributed by atoms with Gasteiger partial charge in [0.25, 0.3) is 5.91 Å². The van der Waals surface area contributed by atoms with E-state index in [1.165, 1.54) is 18.9 Å². The summed E-state index contributed by atoms with van der Waals surface area (Å²) < 4.78 is 18.8. The van der Waals surface area contributed by atoms with Gasteiger partial charge in [-0.3, -0.25) is 4.79 Å². The number of carbonyl (C=O) groups is 1. The van der Waals surface area contributed by atoms with Crippen LogP contribution in [0.1, 0.15) is 29.6 Å². The highest BCUT2D eigenvalue weighted by Gasteiger charge is 2.21. The molecule has 1 aromatic carbocycles. The quantitative estimate of drug-likeness (QED) is 0.766. The Hall–Kier alpha value is -1.78. The first kappa shape index (κ1) is 11.7. The smallest absolute Gasteiger partial charge is 0.250 e. The van der Waals surface area contributed by atoms with Gasteiger partial charge in [-0.2, -0.15) is 0 Å². The summed E-state index contributed by atoms with van der Waals surface area (Å²) in [4.78, 5) is 11.0. The molecule has 0 atom stereocenters. The number of halogens is 1. The van der Waals surface area contributed by atoms with Crippen molar-refractivity contribution in [2.75, 3.05) is 12.3 Å². The average Bonchev–Trinajstić information content (AvgIpc) is 3.04. The minimum absolute atomic E-state index is 0.0320. The fourth-order valence-corrected chi connectivity index (χ4v) is 1.63. The molecule has 1 aliphatic rings. The van der Waals surface area contributed by atoms with Crippen molar-refractivity contribution in [2.45, 2.75) is 19.3 Å². The van der Waals surface area contributed by atoms with Gasteiger partial charge in [0.2, 0.25) is 0 Å². The maximum absolute atomic E-state index is 13.5. The third kappa shape index (κ3) is 2.87. The molecule has 1 fully saturated rings. The third-order valence-corrected chi connectivity index (χ3v) is 2.85. The Bertz CT molecular complexity index is 444. The van der Waals surface area contributed by atoms with Crippen molar-refractivity contribution in [3.8, 4) is 5.75 Å². The molecular formula is C12H15FN2O2. The predicted octanol–water partition coefficient (Wildman–Crippen LogP) is 1.69. The molecule has 0 radical (unpaired) electrons. The zero-order valence-corrected chi connectivity index (χ0v) is 9.41. The van der Waals surface area contributed by atoms with E-state index in [0.717, 1.165) is 12.5 Å². The maximum Gasteiger partial charge on any atom is 0.250 e. The Morgan fingerprint density at radius 1 is 1.47 bits per heavy atom. The van der Waals surface area contributed by atoms with Crippen LogP contribution in [-0.2, 0) is 0 Å². The second kappa shape index (κ2) is 4.61. The van der Waals surface area contributed by atoms with Crippen LogP contribution in [-0.4, -0.2) is 12.5 Å². The van der Waals surface area contributed by atoms with E-state index in [1.54, 1.807) is 0 Å². The Balaban J connectivity index is 2.08. The first-order valence-electron chi connectivity index (χ1n) is 5.59. The van der Waals surface area contributed by atoms with Gasteiger partial charge in [-0.25, -0.2) is 4.39 Å². The molecule has 1 aromatic rings. The zero-order chi connectivity index (χ0) is 12.4. The van der Waals surface area contributed by atoms with Crippen molar-refractivity contribution in [2.24, 2.45) is 11.7 Å². The first-order chi connectivity index (χ1) is 8.08. The van der Waals surface area contributed by atoms with E-state index in [1.807, 2.05) is 0 Å². The summed E-state index contributed by atoms with van der Waals surface area (Å²) in [7, 11) is 0. The zero-order valence-electron chi connectivity index (χ0n) is 9.41. The fraction of sp³-hybridized carbons (Fsp3) is 0.417. The lowest BCUT2D eigenvalue weighted by Crippen LogP contribution is -2.14. The van der Waals surface area contributed by atoms with Crippen molar-refractivity contribution in [3.63, 3.8) is 0 Å². The van der Waals surface area contributed by atoms with Gasteiger partial charge in [-0.1, -0.05) is 12.8 Å². The Labute approximate surface area is 98.7 Å². The van der Waals surface area contributed by atoms with Crippen LogP contribution in [0.25, 0.3) is 0 Å². The van der Waals surface area contributed by atoms with Gasteiger partial charge in [0, 0.05) is 11.8 Å². The summed E-state index contributed by atoms with van der Waals surface area (Å²) in [6, 6.07) is 2.33. The van der Waals surface area contributed by atoms with E-state index in [-0.39, 0.29) is 17.0 Å². The number of benzene rings is 1. The lowest BCUT2D eigenvalue weighted by atomic mass is 10.1. The van der Waals surface area contributed by atoms with Crippen molar-refractivity contribution in [3.05, 3.63) is 23.5 Å². The second-order valence-corrected chi connectivity index (χ2v) is 4.31. The molecule has 92 valence electrons. The highest BCUT2D eigenvalue weighted by atomic mass is 19.1. The van der Waals surface area contributed by atoms with Gasteiger partial charge < -0.3 is 16.2 Å². The van der Waals surface area contributed by atoms with E-state index < -0.39 is 11.7 Å². The number of hydrogen-bond donors (Lipinski definition) is 2. The molecule has 0 heterocycles. The van der Waals surface area contributed by atoms with E-state index in [2.05, 4.69) is 0 Å². The van der Waals surface area contributed by atoms with Crippen LogP contribution >= 0.6 is 0 Å². The number of primary amides is 1.